The lowest BCUT2D eigenvalue weighted by molar-refractivity contribution is 0.122. The first kappa shape index (κ1) is 16.4. The topological polar surface area (TPSA) is 67.5 Å². The smallest absolute Gasteiger partial charge is 0.228 e. The van der Waals surface area contributed by atoms with Crippen LogP contribution < -0.4 is 15.5 Å². The standard InChI is InChI=1S/C16H16ClF2N5O/c17-14-13-11(20)8-24(12-2-1-9(18)7-10(12)19)15(13)22-16(21-14)23-3-5-25-6-4-23/h1-2,7,11H,3-6,8,20H2. The first-order chi connectivity index (χ1) is 12.0. The summed E-state index contributed by atoms with van der Waals surface area (Å²) >= 11 is 6.34. The van der Waals surface area contributed by atoms with E-state index in [4.69, 9.17) is 22.1 Å². The zero-order valence-corrected chi connectivity index (χ0v) is 14.0. The van der Waals surface area contributed by atoms with Gasteiger partial charge in [-0.05, 0) is 12.1 Å². The number of benzene rings is 1. The molecule has 3 heterocycles. The second kappa shape index (κ2) is 6.36. The van der Waals surface area contributed by atoms with Crippen LogP contribution in [-0.2, 0) is 4.74 Å². The fraction of sp³-hybridized carbons (Fsp3) is 0.375. The van der Waals surface area contributed by atoms with E-state index in [0.717, 1.165) is 6.07 Å². The van der Waals surface area contributed by atoms with Crippen molar-refractivity contribution in [1.29, 1.82) is 0 Å². The second-order valence-corrected chi connectivity index (χ2v) is 6.32. The Morgan fingerprint density at radius 1 is 1.20 bits per heavy atom. The summed E-state index contributed by atoms with van der Waals surface area (Å²) in [5, 5.41) is 0.254. The molecule has 6 nitrogen and oxygen atoms in total. The molecule has 132 valence electrons. The molecule has 0 aliphatic carbocycles. The number of nitrogens with two attached hydrogens (primary N) is 1. The van der Waals surface area contributed by atoms with Crippen molar-refractivity contribution in [2.45, 2.75) is 6.04 Å². The SMILES string of the molecule is NC1CN(c2ccc(F)cc2F)c2nc(N3CCOCC3)nc(Cl)c21. The van der Waals surface area contributed by atoms with Gasteiger partial charge in [0.25, 0.3) is 0 Å². The third-order valence-electron chi connectivity index (χ3n) is 4.37. The van der Waals surface area contributed by atoms with E-state index in [1.807, 2.05) is 4.90 Å². The minimum Gasteiger partial charge on any atom is -0.378 e. The maximum Gasteiger partial charge on any atom is 0.228 e. The van der Waals surface area contributed by atoms with Crippen LogP contribution in [0.3, 0.4) is 0 Å². The predicted octanol–water partition coefficient (Wildman–Crippen LogP) is 2.40. The van der Waals surface area contributed by atoms with Crippen LogP contribution in [0.15, 0.2) is 18.2 Å². The Bertz CT molecular complexity index is 815. The van der Waals surface area contributed by atoms with E-state index in [9.17, 15) is 8.78 Å². The highest BCUT2D eigenvalue weighted by atomic mass is 35.5. The normalized spacial score (nSPS) is 20.1. The van der Waals surface area contributed by atoms with E-state index in [-0.39, 0.29) is 10.8 Å². The summed E-state index contributed by atoms with van der Waals surface area (Å²) in [6.07, 6.45) is 0. The molecule has 1 fully saturated rings. The third kappa shape index (κ3) is 2.90. The van der Waals surface area contributed by atoms with Gasteiger partial charge >= 0.3 is 0 Å². The first-order valence-corrected chi connectivity index (χ1v) is 8.30. The molecule has 0 spiro atoms. The van der Waals surface area contributed by atoms with Crippen LogP contribution in [-0.4, -0.2) is 42.8 Å². The molecule has 0 radical (unpaired) electrons. The van der Waals surface area contributed by atoms with Gasteiger partial charge in [0.05, 0.1) is 30.5 Å². The maximum absolute atomic E-state index is 14.3. The van der Waals surface area contributed by atoms with Gasteiger partial charge in [-0.15, -0.1) is 0 Å². The van der Waals surface area contributed by atoms with Gasteiger partial charge in [-0.25, -0.2) is 13.8 Å². The van der Waals surface area contributed by atoms with Crippen molar-refractivity contribution in [3.05, 3.63) is 40.6 Å². The first-order valence-electron chi connectivity index (χ1n) is 7.93. The van der Waals surface area contributed by atoms with Gasteiger partial charge in [0.1, 0.15) is 22.6 Å². The van der Waals surface area contributed by atoms with Gasteiger partial charge in [0.15, 0.2) is 0 Å². The molecule has 0 amide bonds. The van der Waals surface area contributed by atoms with Crippen molar-refractivity contribution in [2.24, 2.45) is 5.73 Å². The Morgan fingerprint density at radius 2 is 1.96 bits per heavy atom. The number of halogens is 3. The number of fused-ring (bicyclic) bond motifs is 1. The predicted molar refractivity (Wildman–Crippen MR) is 90.4 cm³/mol. The number of hydrogen-bond donors (Lipinski definition) is 1. The monoisotopic (exact) mass is 367 g/mol. The van der Waals surface area contributed by atoms with E-state index < -0.39 is 17.7 Å². The van der Waals surface area contributed by atoms with Crippen molar-refractivity contribution in [3.63, 3.8) is 0 Å². The van der Waals surface area contributed by atoms with Crippen molar-refractivity contribution < 1.29 is 13.5 Å². The van der Waals surface area contributed by atoms with Crippen LogP contribution in [0.2, 0.25) is 5.15 Å². The Hall–Kier alpha value is -2.03. The van der Waals surface area contributed by atoms with Crippen molar-refractivity contribution in [1.82, 2.24) is 9.97 Å². The van der Waals surface area contributed by atoms with Crippen LogP contribution in [0.25, 0.3) is 0 Å². The molecule has 9 heteroatoms. The summed E-state index contributed by atoms with van der Waals surface area (Å²) in [4.78, 5) is 12.5. The van der Waals surface area contributed by atoms with Gasteiger partial charge < -0.3 is 20.3 Å². The fourth-order valence-electron chi connectivity index (χ4n) is 3.14. The highest BCUT2D eigenvalue weighted by Crippen LogP contribution is 2.42. The lowest BCUT2D eigenvalue weighted by Gasteiger charge is -2.28. The summed E-state index contributed by atoms with van der Waals surface area (Å²) in [7, 11) is 0. The molecule has 1 aromatic heterocycles. The molecular weight excluding hydrogens is 352 g/mol. The Kier molecular flexibility index (Phi) is 4.18. The van der Waals surface area contributed by atoms with E-state index in [1.165, 1.54) is 12.1 Å². The Morgan fingerprint density at radius 3 is 2.68 bits per heavy atom. The van der Waals surface area contributed by atoms with Crippen LogP contribution in [0.1, 0.15) is 11.6 Å². The Labute approximate surface area is 148 Å². The zero-order valence-electron chi connectivity index (χ0n) is 13.3. The number of aromatic nitrogens is 2. The van der Waals surface area contributed by atoms with Crippen LogP contribution >= 0.6 is 11.6 Å². The largest absolute Gasteiger partial charge is 0.378 e. The number of hydrogen-bond acceptors (Lipinski definition) is 6. The van der Waals surface area contributed by atoms with Crippen molar-refractivity contribution >= 4 is 29.1 Å². The summed E-state index contributed by atoms with van der Waals surface area (Å²) < 4.78 is 32.8. The lowest BCUT2D eigenvalue weighted by Crippen LogP contribution is -2.37. The average Bonchev–Trinajstić information content (AvgIpc) is 2.93. The summed E-state index contributed by atoms with van der Waals surface area (Å²) in [6.45, 7) is 2.73. The van der Waals surface area contributed by atoms with Gasteiger partial charge in [-0.3, -0.25) is 0 Å². The molecule has 25 heavy (non-hydrogen) atoms. The van der Waals surface area contributed by atoms with Crippen LogP contribution in [0.5, 0.6) is 0 Å². The summed E-state index contributed by atoms with van der Waals surface area (Å²) in [6, 6.07) is 2.96. The van der Waals surface area contributed by atoms with E-state index in [0.29, 0.717) is 50.2 Å². The fourth-order valence-corrected chi connectivity index (χ4v) is 3.44. The molecule has 2 aromatic rings. The molecule has 1 unspecified atom stereocenters. The molecule has 1 aromatic carbocycles. The number of nitrogens with zero attached hydrogens (tertiary/aromatic N) is 4. The molecule has 4 rings (SSSR count). The number of morpholine rings is 1. The van der Waals surface area contributed by atoms with E-state index >= 15 is 0 Å². The van der Waals surface area contributed by atoms with Gasteiger partial charge in [-0.2, -0.15) is 4.98 Å². The molecule has 2 aliphatic heterocycles. The summed E-state index contributed by atoms with van der Waals surface area (Å²) in [5.41, 5.74) is 6.93. The van der Waals surface area contributed by atoms with Crippen LogP contribution in [0.4, 0.5) is 26.2 Å². The van der Waals surface area contributed by atoms with E-state index in [1.54, 1.807) is 4.90 Å². The highest BCUT2D eigenvalue weighted by molar-refractivity contribution is 6.30. The molecule has 2 N–H and O–H groups in total. The Balaban J connectivity index is 1.78. The molecular formula is C16H16ClF2N5O. The molecule has 2 aliphatic rings. The minimum absolute atomic E-state index is 0.207. The number of anilines is 3. The summed E-state index contributed by atoms with van der Waals surface area (Å²) in [5.74, 6) is -0.407. The lowest BCUT2D eigenvalue weighted by atomic mass is 10.2. The zero-order chi connectivity index (χ0) is 17.6. The maximum atomic E-state index is 14.3. The van der Waals surface area contributed by atoms with Crippen molar-refractivity contribution in [3.8, 4) is 0 Å². The van der Waals surface area contributed by atoms with E-state index in [2.05, 4.69) is 9.97 Å². The molecule has 1 atom stereocenters. The molecule has 0 saturated carbocycles. The average molecular weight is 368 g/mol. The quantitative estimate of drug-likeness (QED) is 0.822. The minimum atomic E-state index is -0.678. The molecule has 0 bridgehead atoms. The second-order valence-electron chi connectivity index (χ2n) is 5.96. The molecule has 1 saturated heterocycles. The third-order valence-corrected chi connectivity index (χ3v) is 4.66. The highest BCUT2D eigenvalue weighted by Gasteiger charge is 2.34. The van der Waals surface area contributed by atoms with Gasteiger partial charge in [-0.1, -0.05) is 11.6 Å². The number of ether oxygens (including phenoxy) is 1. The van der Waals surface area contributed by atoms with Crippen LogP contribution in [0, 0.1) is 11.6 Å². The number of rotatable bonds is 2. The van der Waals surface area contributed by atoms with Gasteiger partial charge in [0, 0.05) is 25.7 Å². The van der Waals surface area contributed by atoms with Crippen molar-refractivity contribution in [2.75, 3.05) is 42.6 Å². The van der Waals surface area contributed by atoms with Gasteiger partial charge in [0.2, 0.25) is 5.95 Å².